The molecule has 152 valence electrons. The number of fused-ring (bicyclic) bond motifs is 1. The summed E-state index contributed by atoms with van der Waals surface area (Å²) in [5.41, 5.74) is 1.85. The predicted molar refractivity (Wildman–Crippen MR) is 116 cm³/mol. The Balaban J connectivity index is 1.58. The number of para-hydroxylation sites is 2. The van der Waals surface area contributed by atoms with E-state index in [1.807, 2.05) is 47.4 Å². The lowest BCUT2D eigenvalue weighted by Crippen LogP contribution is -2.42. The first-order valence-electron chi connectivity index (χ1n) is 9.97. The third-order valence-electron chi connectivity index (χ3n) is 5.38. The molecule has 2 heterocycles. The summed E-state index contributed by atoms with van der Waals surface area (Å²) in [6.45, 7) is 8.11. The summed E-state index contributed by atoms with van der Waals surface area (Å²) in [6, 6.07) is 15.5. The van der Waals surface area contributed by atoms with E-state index in [-0.39, 0.29) is 17.4 Å². The van der Waals surface area contributed by atoms with Gasteiger partial charge in [0, 0.05) is 29.4 Å². The molecule has 0 radical (unpaired) electrons. The lowest BCUT2D eigenvalue weighted by Gasteiger charge is -2.32. The number of carbonyl (C=O) groups excluding carboxylic acids is 1. The van der Waals surface area contributed by atoms with Gasteiger partial charge in [-0.3, -0.25) is 4.79 Å². The average molecular weight is 412 g/mol. The normalized spacial score (nSPS) is 17.3. The molecule has 29 heavy (non-hydrogen) atoms. The summed E-state index contributed by atoms with van der Waals surface area (Å²) in [6.07, 6.45) is 0.499. The van der Waals surface area contributed by atoms with E-state index in [1.165, 1.54) is 0 Å². The second-order valence-electron chi connectivity index (χ2n) is 8.49. The van der Waals surface area contributed by atoms with Crippen molar-refractivity contribution in [2.45, 2.75) is 45.2 Å². The van der Waals surface area contributed by atoms with Crippen LogP contribution in [0, 0.1) is 0 Å². The van der Waals surface area contributed by atoms with Crippen molar-refractivity contribution in [3.63, 3.8) is 0 Å². The predicted octanol–water partition coefficient (Wildman–Crippen LogP) is 4.88. The van der Waals surface area contributed by atoms with Crippen LogP contribution in [0.1, 0.15) is 38.9 Å². The lowest BCUT2D eigenvalue weighted by atomic mass is 10.1. The van der Waals surface area contributed by atoms with Crippen LogP contribution in [0.25, 0.3) is 11.0 Å². The fourth-order valence-electron chi connectivity index (χ4n) is 3.96. The molecule has 1 aromatic heterocycles. The fraction of sp³-hybridized carbons (Fsp3) is 0.391. The minimum atomic E-state index is -0.180. The molecule has 0 aliphatic carbocycles. The van der Waals surface area contributed by atoms with E-state index in [9.17, 15) is 4.79 Å². The molecule has 0 bridgehead atoms. The average Bonchev–Trinajstić information content (AvgIpc) is 3.24. The van der Waals surface area contributed by atoms with Gasteiger partial charge in [-0.1, -0.05) is 23.7 Å². The van der Waals surface area contributed by atoms with E-state index in [0.29, 0.717) is 31.1 Å². The monoisotopic (exact) mass is 411 g/mol. The second kappa shape index (κ2) is 7.71. The van der Waals surface area contributed by atoms with Crippen molar-refractivity contribution in [1.82, 2.24) is 14.5 Å². The van der Waals surface area contributed by atoms with Crippen molar-refractivity contribution < 1.29 is 9.53 Å². The van der Waals surface area contributed by atoms with Crippen LogP contribution < -0.4 is 4.74 Å². The number of aromatic nitrogens is 2. The van der Waals surface area contributed by atoms with Crippen LogP contribution in [0.3, 0.4) is 0 Å². The number of hydrogen-bond donors (Lipinski definition) is 0. The van der Waals surface area contributed by atoms with Crippen LogP contribution in [-0.2, 0) is 11.3 Å². The molecule has 0 saturated carbocycles. The van der Waals surface area contributed by atoms with Crippen molar-refractivity contribution >= 4 is 28.5 Å². The zero-order chi connectivity index (χ0) is 20.6. The zero-order valence-electron chi connectivity index (χ0n) is 17.1. The van der Waals surface area contributed by atoms with E-state index >= 15 is 0 Å². The maximum absolute atomic E-state index is 12.6. The number of ether oxygens (including phenoxy) is 1. The number of amides is 1. The minimum absolute atomic E-state index is 0.0876. The van der Waals surface area contributed by atoms with Gasteiger partial charge >= 0.3 is 0 Å². The Morgan fingerprint density at radius 2 is 1.86 bits per heavy atom. The van der Waals surface area contributed by atoms with Crippen LogP contribution >= 0.6 is 11.6 Å². The third kappa shape index (κ3) is 4.10. The SMILES string of the molecule is CC(C)(C)N1C[C@H](c2nc3ccccc3n2CCOc2ccc(Cl)cc2)CC1=O. The Labute approximate surface area is 176 Å². The van der Waals surface area contributed by atoms with Crippen molar-refractivity contribution in [3.8, 4) is 5.75 Å². The van der Waals surface area contributed by atoms with Crippen LogP contribution in [0.5, 0.6) is 5.75 Å². The summed E-state index contributed by atoms with van der Waals surface area (Å²) >= 11 is 5.94. The van der Waals surface area contributed by atoms with Crippen LogP contribution in [0.4, 0.5) is 0 Å². The third-order valence-corrected chi connectivity index (χ3v) is 5.63. The maximum Gasteiger partial charge on any atom is 0.223 e. The zero-order valence-corrected chi connectivity index (χ0v) is 17.8. The molecular formula is C23H26ClN3O2. The van der Waals surface area contributed by atoms with Gasteiger partial charge in [0.15, 0.2) is 0 Å². The van der Waals surface area contributed by atoms with Crippen LogP contribution in [0.2, 0.25) is 5.02 Å². The maximum atomic E-state index is 12.6. The van der Waals surface area contributed by atoms with Crippen molar-refractivity contribution in [3.05, 3.63) is 59.4 Å². The Hall–Kier alpha value is -2.53. The molecule has 0 unspecified atom stereocenters. The van der Waals surface area contributed by atoms with E-state index in [0.717, 1.165) is 22.6 Å². The Kier molecular flexibility index (Phi) is 5.26. The quantitative estimate of drug-likeness (QED) is 0.601. The van der Waals surface area contributed by atoms with Crippen molar-refractivity contribution in [1.29, 1.82) is 0 Å². The summed E-state index contributed by atoms with van der Waals surface area (Å²) in [7, 11) is 0. The van der Waals surface area contributed by atoms with Gasteiger partial charge in [0.2, 0.25) is 5.91 Å². The van der Waals surface area contributed by atoms with Crippen LogP contribution in [-0.4, -0.2) is 39.0 Å². The van der Waals surface area contributed by atoms with Crippen molar-refractivity contribution in [2.24, 2.45) is 0 Å². The molecule has 4 rings (SSSR count). The van der Waals surface area contributed by atoms with E-state index in [4.69, 9.17) is 21.3 Å². The highest BCUT2D eigenvalue weighted by Gasteiger charge is 2.38. The molecule has 1 amide bonds. The van der Waals surface area contributed by atoms with Gasteiger partial charge in [0.05, 0.1) is 17.6 Å². The highest BCUT2D eigenvalue weighted by Crippen LogP contribution is 2.33. The van der Waals surface area contributed by atoms with E-state index in [1.54, 1.807) is 0 Å². The van der Waals surface area contributed by atoms with Gasteiger partial charge in [0.1, 0.15) is 18.2 Å². The lowest BCUT2D eigenvalue weighted by molar-refractivity contribution is -0.131. The number of likely N-dealkylation sites (tertiary alicyclic amines) is 1. The number of benzene rings is 2. The first-order valence-corrected chi connectivity index (χ1v) is 10.3. The van der Waals surface area contributed by atoms with Gasteiger partial charge in [-0.05, 0) is 57.2 Å². The fourth-order valence-corrected chi connectivity index (χ4v) is 4.08. The first kappa shape index (κ1) is 19.8. The van der Waals surface area contributed by atoms with E-state index < -0.39 is 0 Å². The highest BCUT2D eigenvalue weighted by atomic mass is 35.5. The molecule has 0 N–H and O–H groups in total. The van der Waals surface area contributed by atoms with Gasteiger partial charge in [-0.25, -0.2) is 4.98 Å². The highest BCUT2D eigenvalue weighted by molar-refractivity contribution is 6.30. The minimum Gasteiger partial charge on any atom is -0.492 e. The molecule has 5 nitrogen and oxygen atoms in total. The number of rotatable bonds is 5. The topological polar surface area (TPSA) is 47.4 Å². The molecule has 3 aromatic rings. The Morgan fingerprint density at radius 3 is 2.55 bits per heavy atom. The number of carbonyl (C=O) groups is 1. The molecule has 0 spiro atoms. The molecule has 2 aromatic carbocycles. The van der Waals surface area contributed by atoms with Gasteiger partial charge in [-0.15, -0.1) is 0 Å². The van der Waals surface area contributed by atoms with Crippen molar-refractivity contribution in [2.75, 3.05) is 13.2 Å². The summed E-state index contributed by atoms with van der Waals surface area (Å²) < 4.78 is 8.12. The van der Waals surface area contributed by atoms with Crippen LogP contribution in [0.15, 0.2) is 48.5 Å². The first-order chi connectivity index (χ1) is 13.8. The number of imidazole rings is 1. The molecular weight excluding hydrogens is 386 g/mol. The molecule has 1 aliphatic heterocycles. The largest absolute Gasteiger partial charge is 0.492 e. The number of nitrogens with zero attached hydrogens (tertiary/aromatic N) is 3. The molecule has 1 fully saturated rings. The Bertz CT molecular complexity index is 1020. The van der Waals surface area contributed by atoms with E-state index in [2.05, 4.69) is 31.4 Å². The van der Waals surface area contributed by atoms with Gasteiger partial charge < -0.3 is 14.2 Å². The summed E-state index contributed by atoms with van der Waals surface area (Å²) in [4.78, 5) is 19.5. The second-order valence-corrected chi connectivity index (χ2v) is 8.93. The summed E-state index contributed by atoms with van der Waals surface area (Å²) in [5, 5.41) is 0.689. The smallest absolute Gasteiger partial charge is 0.223 e. The summed E-state index contributed by atoms with van der Waals surface area (Å²) in [5.74, 6) is 2.03. The Morgan fingerprint density at radius 1 is 1.14 bits per heavy atom. The number of hydrogen-bond acceptors (Lipinski definition) is 3. The molecule has 6 heteroatoms. The molecule has 1 atom stereocenters. The number of halogens is 1. The van der Waals surface area contributed by atoms with Gasteiger partial charge in [-0.2, -0.15) is 0 Å². The standard InChI is InChI=1S/C23H26ClN3O2/c1-23(2,3)27-15-16(14-21(27)28)22-25-19-6-4-5-7-20(19)26(22)12-13-29-18-10-8-17(24)9-11-18/h4-11,16H,12-15H2,1-3H3/t16-/m1/s1. The molecule has 1 aliphatic rings. The van der Waals surface area contributed by atoms with Gasteiger partial charge in [0.25, 0.3) is 0 Å². The molecule has 1 saturated heterocycles.